The summed E-state index contributed by atoms with van der Waals surface area (Å²) in [6.07, 6.45) is 5.58. The molecule has 8 heteroatoms. The fourth-order valence-electron chi connectivity index (χ4n) is 5.52. The molecule has 1 N–H and O–H groups in total. The molecule has 1 fully saturated rings. The van der Waals surface area contributed by atoms with E-state index in [1.807, 2.05) is 29.2 Å². The molecule has 0 radical (unpaired) electrons. The number of piperidine rings is 1. The number of sulfonamides is 1. The third-order valence-corrected chi connectivity index (χ3v) is 8.89. The molecule has 7 nitrogen and oxygen atoms in total. The zero-order valence-corrected chi connectivity index (χ0v) is 22.0. The third-order valence-electron chi connectivity index (χ3n) is 7.48. The van der Waals surface area contributed by atoms with Crippen LogP contribution in [0.1, 0.15) is 40.7 Å². The smallest absolute Gasteiger partial charge is 0.264 e. The zero-order valence-electron chi connectivity index (χ0n) is 21.1. The predicted octanol–water partition coefficient (Wildman–Crippen LogP) is 5.22. The number of amides is 1. The Morgan fingerprint density at radius 3 is 2.47 bits per heavy atom. The molecule has 4 aromatic rings. The Labute approximate surface area is 223 Å². The number of carbonyl (C=O) groups is 1. The van der Waals surface area contributed by atoms with Gasteiger partial charge < -0.3 is 9.80 Å². The molecule has 0 spiro atoms. The molecule has 2 aliphatic heterocycles. The molecule has 3 heterocycles. The monoisotopic (exact) mass is 526 g/mol. The van der Waals surface area contributed by atoms with Crippen LogP contribution >= 0.6 is 0 Å². The highest BCUT2D eigenvalue weighted by atomic mass is 32.2. The topological polar surface area (TPSA) is 82.6 Å². The first-order valence-electron chi connectivity index (χ1n) is 13.1. The van der Waals surface area contributed by atoms with Crippen LogP contribution in [0.5, 0.6) is 0 Å². The molecule has 1 amide bonds. The van der Waals surface area contributed by atoms with Gasteiger partial charge in [0.1, 0.15) is 4.90 Å². The van der Waals surface area contributed by atoms with Crippen LogP contribution in [-0.4, -0.2) is 43.8 Å². The Balaban J connectivity index is 1.37. The maximum Gasteiger partial charge on any atom is 0.264 e. The van der Waals surface area contributed by atoms with Gasteiger partial charge in [-0.1, -0.05) is 42.5 Å². The van der Waals surface area contributed by atoms with E-state index in [-0.39, 0.29) is 10.8 Å². The number of nitrogens with one attached hydrogen (secondary N) is 1. The van der Waals surface area contributed by atoms with Gasteiger partial charge in [-0.3, -0.25) is 14.5 Å². The van der Waals surface area contributed by atoms with Gasteiger partial charge in [-0.15, -0.1) is 0 Å². The predicted molar refractivity (Wildman–Crippen MR) is 150 cm³/mol. The SMILES string of the molecule is O=C(c1cc(NS(=O)(=O)c2cccc3cccnc23)ccc1N1CCc2ccccc2C1)N1CCCCC1. The van der Waals surface area contributed by atoms with Crippen molar-refractivity contribution >= 4 is 38.2 Å². The molecular formula is C30H30N4O3S. The van der Waals surface area contributed by atoms with Gasteiger partial charge in [0.05, 0.1) is 11.1 Å². The quantitative estimate of drug-likeness (QED) is 0.385. The normalized spacial score (nSPS) is 15.8. The summed E-state index contributed by atoms with van der Waals surface area (Å²) >= 11 is 0. The lowest BCUT2D eigenvalue weighted by atomic mass is 9.98. The van der Waals surface area contributed by atoms with E-state index in [2.05, 4.69) is 32.8 Å². The van der Waals surface area contributed by atoms with Crippen molar-refractivity contribution in [3.63, 3.8) is 0 Å². The minimum Gasteiger partial charge on any atom is -0.366 e. The van der Waals surface area contributed by atoms with Crippen molar-refractivity contribution in [2.45, 2.75) is 37.1 Å². The van der Waals surface area contributed by atoms with Crippen molar-refractivity contribution in [1.82, 2.24) is 9.88 Å². The highest BCUT2D eigenvalue weighted by molar-refractivity contribution is 7.93. The average Bonchev–Trinajstić information content (AvgIpc) is 2.96. The van der Waals surface area contributed by atoms with Gasteiger partial charge in [0, 0.05) is 49.1 Å². The van der Waals surface area contributed by atoms with Crippen LogP contribution in [0.2, 0.25) is 0 Å². The van der Waals surface area contributed by atoms with Gasteiger partial charge in [-0.25, -0.2) is 8.42 Å². The van der Waals surface area contributed by atoms with Crippen molar-refractivity contribution in [1.29, 1.82) is 0 Å². The summed E-state index contributed by atoms with van der Waals surface area (Å²) in [5.74, 6) is -0.0496. The van der Waals surface area contributed by atoms with Gasteiger partial charge >= 0.3 is 0 Å². The second-order valence-electron chi connectivity index (χ2n) is 9.96. The number of hydrogen-bond acceptors (Lipinski definition) is 5. The molecule has 3 aromatic carbocycles. The first-order valence-corrected chi connectivity index (χ1v) is 14.6. The summed E-state index contributed by atoms with van der Waals surface area (Å²) in [7, 11) is -3.94. The van der Waals surface area contributed by atoms with Crippen LogP contribution in [0.25, 0.3) is 10.9 Å². The van der Waals surface area contributed by atoms with Crippen molar-refractivity contribution in [2.75, 3.05) is 29.3 Å². The Morgan fingerprint density at radius 2 is 1.63 bits per heavy atom. The van der Waals surface area contributed by atoms with E-state index >= 15 is 0 Å². The lowest BCUT2D eigenvalue weighted by Crippen LogP contribution is -2.38. The number of aromatic nitrogens is 1. The third kappa shape index (κ3) is 4.72. The van der Waals surface area contributed by atoms with Gasteiger partial charge in [-0.2, -0.15) is 0 Å². The maximum absolute atomic E-state index is 13.8. The van der Waals surface area contributed by atoms with Crippen LogP contribution in [0.3, 0.4) is 0 Å². The van der Waals surface area contributed by atoms with E-state index in [9.17, 15) is 13.2 Å². The van der Waals surface area contributed by atoms with Crippen LogP contribution in [0.15, 0.2) is 83.9 Å². The summed E-state index contributed by atoms with van der Waals surface area (Å²) in [6, 6.07) is 22.4. The number of benzene rings is 3. The standard InChI is InChI=1S/C30H30N4O3S/c35-30(33-17-4-1-5-18-33)26-20-25(13-14-27(26)34-19-15-22-8-2-3-9-24(22)21-34)32-38(36,37)28-12-6-10-23-11-7-16-31-29(23)28/h2-3,6-14,16,20,32H,1,4-5,15,17-19,21H2. The number of carbonyl (C=O) groups excluding carboxylic acids is 1. The second kappa shape index (κ2) is 10.1. The number of fused-ring (bicyclic) bond motifs is 2. The molecule has 1 aromatic heterocycles. The number of likely N-dealkylation sites (tertiary alicyclic amines) is 1. The van der Waals surface area contributed by atoms with Gasteiger partial charge in [0.25, 0.3) is 15.9 Å². The molecule has 38 heavy (non-hydrogen) atoms. The Bertz CT molecular complexity index is 1610. The fourth-order valence-corrected chi connectivity index (χ4v) is 6.75. The van der Waals surface area contributed by atoms with Gasteiger partial charge in [-0.05, 0) is 67.1 Å². The summed E-state index contributed by atoms with van der Waals surface area (Å²) in [4.78, 5) is 22.3. The van der Waals surface area contributed by atoms with Crippen LogP contribution in [0.4, 0.5) is 11.4 Å². The number of anilines is 2. The van der Waals surface area contributed by atoms with E-state index in [0.717, 1.165) is 56.4 Å². The van der Waals surface area contributed by atoms with Crippen molar-refractivity contribution < 1.29 is 13.2 Å². The maximum atomic E-state index is 13.8. The van der Waals surface area contributed by atoms with E-state index < -0.39 is 10.0 Å². The van der Waals surface area contributed by atoms with Crippen LogP contribution in [-0.2, 0) is 23.0 Å². The highest BCUT2D eigenvalue weighted by Crippen LogP contribution is 2.32. The Kier molecular flexibility index (Phi) is 6.49. The molecule has 6 rings (SSSR count). The molecule has 0 aliphatic carbocycles. The fraction of sp³-hybridized carbons (Fsp3) is 0.267. The Hall–Kier alpha value is -3.91. The number of rotatable bonds is 5. The second-order valence-corrected chi connectivity index (χ2v) is 11.6. The average molecular weight is 527 g/mol. The highest BCUT2D eigenvalue weighted by Gasteiger charge is 2.27. The van der Waals surface area contributed by atoms with E-state index in [0.29, 0.717) is 23.3 Å². The van der Waals surface area contributed by atoms with Crippen LogP contribution < -0.4 is 9.62 Å². The van der Waals surface area contributed by atoms with Gasteiger partial charge in [0.2, 0.25) is 0 Å². The Morgan fingerprint density at radius 1 is 0.842 bits per heavy atom. The minimum atomic E-state index is -3.94. The number of para-hydroxylation sites is 1. The summed E-state index contributed by atoms with van der Waals surface area (Å²) in [6.45, 7) is 2.95. The van der Waals surface area contributed by atoms with Crippen molar-refractivity contribution in [3.8, 4) is 0 Å². The summed E-state index contributed by atoms with van der Waals surface area (Å²) in [5, 5.41) is 0.747. The molecule has 0 unspecified atom stereocenters. The summed E-state index contributed by atoms with van der Waals surface area (Å²) < 4.78 is 29.6. The number of pyridine rings is 1. The molecule has 0 atom stereocenters. The lowest BCUT2D eigenvalue weighted by Gasteiger charge is -2.34. The molecule has 2 aliphatic rings. The first kappa shape index (κ1) is 24.4. The van der Waals surface area contributed by atoms with Crippen molar-refractivity contribution in [3.05, 3.63) is 95.7 Å². The van der Waals surface area contributed by atoms with E-state index in [4.69, 9.17) is 0 Å². The molecular weight excluding hydrogens is 496 g/mol. The zero-order chi connectivity index (χ0) is 26.1. The van der Waals surface area contributed by atoms with E-state index in [1.165, 1.54) is 11.1 Å². The summed E-state index contributed by atoms with van der Waals surface area (Å²) in [5.41, 5.74) is 4.73. The van der Waals surface area contributed by atoms with Gasteiger partial charge in [0.15, 0.2) is 0 Å². The molecule has 194 valence electrons. The lowest BCUT2D eigenvalue weighted by molar-refractivity contribution is 0.0725. The molecule has 1 saturated heterocycles. The first-order chi connectivity index (χ1) is 18.5. The van der Waals surface area contributed by atoms with Crippen molar-refractivity contribution in [2.24, 2.45) is 0 Å². The minimum absolute atomic E-state index is 0.0496. The van der Waals surface area contributed by atoms with Crippen LogP contribution in [0, 0.1) is 0 Å². The number of hydrogen-bond donors (Lipinski definition) is 1. The number of nitrogens with zero attached hydrogens (tertiary/aromatic N) is 3. The largest absolute Gasteiger partial charge is 0.366 e. The molecule has 0 saturated carbocycles. The van der Waals surface area contributed by atoms with E-state index in [1.54, 1.807) is 36.5 Å². The molecule has 0 bridgehead atoms.